The molecule has 0 spiro atoms. The lowest BCUT2D eigenvalue weighted by Gasteiger charge is -2.06. The van der Waals surface area contributed by atoms with Gasteiger partial charge in [0, 0.05) is 11.6 Å². The van der Waals surface area contributed by atoms with Crippen molar-refractivity contribution < 1.29 is 19.6 Å². The highest BCUT2D eigenvalue weighted by molar-refractivity contribution is 9.10. The van der Waals surface area contributed by atoms with Crippen LogP contribution in [0.4, 0.5) is 5.69 Å². The number of phenols is 1. The Labute approximate surface area is 151 Å². The van der Waals surface area contributed by atoms with Gasteiger partial charge in [-0.3, -0.25) is 14.9 Å². The number of carbonyl (C=O) groups is 1. The lowest BCUT2D eigenvalue weighted by molar-refractivity contribution is -0.385. The van der Waals surface area contributed by atoms with E-state index in [1.54, 1.807) is 12.1 Å². The van der Waals surface area contributed by atoms with Crippen LogP contribution in [0.5, 0.6) is 11.5 Å². The number of hydrogen-bond acceptors (Lipinski definition) is 6. The summed E-state index contributed by atoms with van der Waals surface area (Å²) in [6.45, 7) is 0. The number of halogens is 1. The van der Waals surface area contributed by atoms with Crippen LogP contribution < -0.4 is 10.2 Å². The van der Waals surface area contributed by atoms with Gasteiger partial charge >= 0.3 is 0 Å². The summed E-state index contributed by atoms with van der Waals surface area (Å²) in [6.07, 6.45) is 1.20. The molecule has 0 aliphatic heterocycles. The number of nitrogens with zero attached hydrogens (tertiary/aromatic N) is 2. The summed E-state index contributed by atoms with van der Waals surface area (Å²) in [6, 6.07) is 9.15. The summed E-state index contributed by atoms with van der Waals surface area (Å²) in [5.41, 5.74) is 3.07. The van der Waals surface area contributed by atoms with E-state index in [1.165, 1.54) is 37.6 Å². The number of para-hydroxylation sites is 1. The van der Waals surface area contributed by atoms with E-state index in [1.807, 2.05) is 0 Å². The smallest absolute Gasteiger partial charge is 0.273 e. The Kier molecular flexibility index (Phi) is 6.07. The van der Waals surface area contributed by atoms with Crippen molar-refractivity contribution in [3.63, 3.8) is 0 Å². The third-order valence-corrected chi connectivity index (χ3v) is 3.82. The van der Waals surface area contributed by atoms with E-state index >= 15 is 0 Å². The molecule has 0 aliphatic rings. The number of phenolic OH excluding ortho intramolecular Hbond substituents is 1. The fraction of sp³-hybridized carbons (Fsp3) is 0.125. The molecule has 8 nitrogen and oxygen atoms in total. The number of benzene rings is 2. The van der Waals surface area contributed by atoms with Crippen LogP contribution in [0.3, 0.4) is 0 Å². The maximum Gasteiger partial charge on any atom is 0.273 e. The van der Waals surface area contributed by atoms with Crippen molar-refractivity contribution in [1.82, 2.24) is 5.43 Å². The van der Waals surface area contributed by atoms with E-state index in [9.17, 15) is 20.0 Å². The molecule has 1 amide bonds. The van der Waals surface area contributed by atoms with Crippen LogP contribution in [0.25, 0.3) is 0 Å². The summed E-state index contributed by atoms with van der Waals surface area (Å²) < 4.78 is 5.43. The second-order valence-corrected chi connectivity index (χ2v) is 5.76. The topological polar surface area (TPSA) is 114 Å². The lowest BCUT2D eigenvalue weighted by Crippen LogP contribution is -2.20. The quantitative estimate of drug-likeness (QED) is 0.434. The maximum atomic E-state index is 11.9. The van der Waals surface area contributed by atoms with Crippen molar-refractivity contribution >= 4 is 33.7 Å². The van der Waals surface area contributed by atoms with E-state index in [2.05, 4.69) is 26.5 Å². The van der Waals surface area contributed by atoms with E-state index < -0.39 is 10.8 Å². The Hall–Kier alpha value is -2.94. The minimum atomic E-state index is -0.536. The predicted octanol–water partition coefficient (Wildman–Crippen LogP) is 2.76. The third-order valence-electron chi connectivity index (χ3n) is 3.21. The van der Waals surface area contributed by atoms with Gasteiger partial charge in [0.2, 0.25) is 5.91 Å². The van der Waals surface area contributed by atoms with Crippen LogP contribution in [0.2, 0.25) is 0 Å². The normalized spacial score (nSPS) is 10.6. The number of carbonyl (C=O) groups excluding carboxylic acids is 1. The number of nitro groups is 1. The lowest BCUT2D eigenvalue weighted by atomic mass is 10.1. The van der Waals surface area contributed by atoms with E-state index in [-0.39, 0.29) is 23.6 Å². The van der Waals surface area contributed by atoms with Gasteiger partial charge in [0.05, 0.1) is 29.1 Å². The first-order valence-electron chi connectivity index (χ1n) is 7.03. The van der Waals surface area contributed by atoms with Crippen LogP contribution in [0, 0.1) is 10.1 Å². The highest BCUT2D eigenvalue weighted by Crippen LogP contribution is 2.34. The van der Waals surface area contributed by atoms with Crippen LogP contribution in [0.1, 0.15) is 11.1 Å². The molecule has 0 fully saturated rings. The first-order valence-corrected chi connectivity index (χ1v) is 7.82. The molecule has 0 atom stereocenters. The molecule has 25 heavy (non-hydrogen) atoms. The number of hydrogen-bond donors (Lipinski definition) is 2. The Morgan fingerprint density at radius 2 is 2.16 bits per heavy atom. The minimum Gasteiger partial charge on any atom is -0.503 e. The summed E-state index contributed by atoms with van der Waals surface area (Å²) in [4.78, 5) is 22.3. The average Bonchev–Trinajstić information content (AvgIpc) is 2.58. The average molecular weight is 408 g/mol. The van der Waals surface area contributed by atoms with Crippen molar-refractivity contribution in [2.45, 2.75) is 6.42 Å². The van der Waals surface area contributed by atoms with E-state index in [0.29, 0.717) is 15.6 Å². The number of amides is 1. The molecule has 0 heterocycles. The van der Waals surface area contributed by atoms with Crippen LogP contribution in [0.15, 0.2) is 46.0 Å². The first-order chi connectivity index (χ1) is 11.9. The van der Waals surface area contributed by atoms with Crippen molar-refractivity contribution in [3.05, 3.63) is 62.1 Å². The van der Waals surface area contributed by atoms with Crippen molar-refractivity contribution in [2.24, 2.45) is 5.10 Å². The van der Waals surface area contributed by atoms with Gasteiger partial charge in [-0.25, -0.2) is 5.43 Å². The molecule has 2 aromatic carbocycles. The molecule has 0 aromatic heterocycles. The first kappa shape index (κ1) is 18.4. The number of methoxy groups -OCH3 is 1. The zero-order valence-corrected chi connectivity index (χ0v) is 14.7. The Morgan fingerprint density at radius 1 is 1.44 bits per heavy atom. The predicted molar refractivity (Wildman–Crippen MR) is 94.9 cm³/mol. The van der Waals surface area contributed by atoms with Gasteiger partial charge in [-0.1, -0.05) is 18.2 Å². The van der Waals surface area contributed by atoms with Gasteiger partial charge in [0.1, 0.15) is 0 Å². The second kappa shape index (κ2) is 8.25. The number of nitrogens with one attached hydrogen (secondary N) is 1. The summed E-state index contributed by atoms with van der Waals surface area (Å²) in [5.74, 6) is -0.280. The molecular formula is C16H14BrN3O5. The zero-order valence-electron chi connectivity index (χ0n) is 13.1. The largest absolute Gasteiger partial charge is 0.503 e. The second-order valence-electron chi connectivity index (χ2n) is 4.91. The van der Waals surface area contributed by atoms with Gasteiger partial charge in [0.15, 0.2) is 11.5 Å². The number of nitro benzene ring substituents is 1. The minimum absolute atomic E-state index is 0.0416. The van der Waals surface area contributed by atoms with Gasteiger partial charge in [-0.2, -0.15) is 5.10 Å². The fourth-order valence-electron chi connectivity index (χ4n) is 2.05. The van der Waals surface area contributed by atoms with Gasteiger partial charge in [-0.15, -0.1) is 0 Å². The SMILES string of the molecule is COc1cc(C=NNC(=O)Cc2ccccc2[N+](=O)[O-])cc(Br)c1O. The number of rotatable bonds is 6. The monoisotopic (exact) mass is 407 g/mol. The Balaban J connectivity index is 2.04. The van der Waals surface area contributed by atoms with Gasteiger partial charge in [0.25, 0.3) is 5.69 Å². The maximum absolute atomic E-state index is 11.9. The van der Waals surface area contributed by atoms with Crippen molar-refractivity contribution in [3.8, 4) is 11.5 Å². The molecule has 130 valence electrons. The van der Waals surface area contributed by atoms with Crippen LogP contribution in [-0.2, 0) is 11.2 Å². The number of hydrazone groups is 1. The van der Waals surface area contributed by atoms with Gasteiger partial charge < -0.3 is 9.84 Å². The number of ether oxygens (including phenoxy) is 1. The molecule has 2 aromatic rings. The molecule has 2 N–H and O–H groups in total. The molecule has 0 saturated carbocycles. The standard InChI is InChI=1S/C16H14BrN3O5/c1-25-14-7-10(6-12(17)16(14)22)9-18-19-15(21)8-11-4-2-3-5-13(11)20(23)24/h2-7,9,22H,8H2,1H3,(H,19,21). The number of aromatic hydroxyl groups is 1. The molecule has 0 aliphatic carbocycles. The fourth-order valence-corrected chi connectivity index (χ4v) is 2.51. The summed E-state index contributed by atoms with van der Waals surface area (Å²) in [7, 11) is 1.41. The molecule has 2 rings (SSSR count). The molecule has 9 heteroatoms. The molecular weight excluding hydrogens is 394 g/mol. The van der Waals surface area contributed by atoms with E-state index in [4.69, 9.17) is 4.74 Å². The summed E-state index contributed by atoms with van der Waals surface area (Å²) in [5, 5.41) is 24.5. The van der Waals surface area contributed by atoms with Gasteiger partial charge in [-0.05, 0) is 33.6 Å². The van der Waals surface area contributed by atoms with E-state index in [0.717, 1.165) is 0 Å². The van der Waals surface area contributed by atoms with Crippen LogP contribution >= 0.6 is 15.9 Å². The van der Waals surface area contributed by atoms with Crippen LogP contribution in [-0.4, -0.2) is 29.3 Å². The van der Waals surface area contributed by atoms with Crippen molar-refractivity contribution in [2.75, 3.05) is 7.11 Å². The van der Waals surface area contributed by atoms with Crippen molar-refractivity contribution in [1.29, 1.82) is 0 Å². The Morgan fingerprint density at radius 3 is 2.84 bits per heavy atom. The Bertz CT molecular complexity index is 839. The third kappa shape index (κ3) is 4.77. The molecule has 0 bridgehead atoms. The highest BCUT2D eigenvalue weighted by atomic mass is 79.9. The molecule has 0 radical (unpaired) electrons. The molecule has 0 unspecified atom stereocenters. The zero-order chi connectivity index (χ0) is 18.4. The summed E-state index contributed by atoms with van der Waals surface area (Å²) >= 11 is 3.18. The molecule has 0 saturated heterocycles. The highest BCUT2D eigenvalue weighted by Gasteiger charge is 2.15.